The van der Waals surface area contributed by atoms with Gasteiger partial charge < -0.3 is 14.4 Å². The Morgan fingerprint density at radius 3 is 2.45 bits per heavy atom. The molecule has 3 heterocycles. The molecule has 8 nitrogen and oxygen atoms in total. The van der Waals surface area contributed by atoms with Gasteiger partial charge in [-0.25, -0.2) is 9.50 Å². The van der Waals surface area contributed by atoms with Crippen LogP contribution in [0.15, 0.2) is 48.5 Å². The average molecular weight is 444 g/mol. The van der Waals surface area contributed by atoms with Crippen molar-refractivity contribution in [3.63, 3.8) is 0 Å². The van der Waals surface area contributed by atoms with Crippen molar-refractivity contribution in [3.8, 4) is 11.5 Å². The maximum absolute atomic E-state index is 13.7. The van der Waals surface area contributed by atoms with E-state index in [0.717, 1.165) is 28.1 Å². The zero-order valence-corrected chi connectivity index (χ0v) is 19.1. The van der Waals surface area contributed by atoms with E-state index in [-0.39, 0.29) is 17.8 Å². The molecule has 0 unspecified atom stereocenters. The van der Waals surface area contributed by atoms with Crippen molar-refractivity contribution in [1.29, 1.82) is 0 Å². The molecule has 2 aromatic carbocycles. The van der Waals surface area contributed by atoms with Crippen molar-refractivity contribution in [2.45, 2.75) is 26.3 Å². The topological polar surface area (TPSA) is 81.9 Å². The molecule has 0 spiro atoms. The maximum atomic E-state index is 13.7. The highest BCUT2D eigenvalue weighted by atomic mass is 16.5. The number of ether oxygens (including phenoxy) is 2. The van der Waals surface area contributed by atoms with Gasteiger partial charge in [-0.15, -0.1) is 5.10 Å². The molecule has 0 saturated carbocycles. The number of aromatic nitrogens is 4. The largest absolute Gasteiger partial charge is 0.493 e. The quantitative estimate of drug-likeness (QED) is 0.480. The first-order valence-electron chi connectivity index (χ1n) is 10.8. The van der Waals surface area contributed by atoms with Gasteiger partial charge in [-0.3, -0.25) is 4.79 Å². The first-order chi connectivity index (χ1) is 16.0. The summed E-state index contributed by atoms with van der Waals surface area (Å²) in [5.41, 5.74) is 4.85. The van der Waals surface area contributed by atoms with Gasteiger partial charge in [0.2, 0.25) is 5.82 Å². The molecule has 1 atom stereocenters. The van der Waals surface area contributed by atoms with Crippen LogP contribution < -0.4 is 9.47 Å². The van der Waals surface area contributed by atoms with Crippen LogP contribution in [0.5, 0.6) is 11.5 Å². The van der Waals surface area contributed by atoms with Gasteiger partial charge in [-0.1, -0.05) is 30.3 Å². The summed E-state index contributed by atoms with van der Waals surface area (Å²) in [4.78, 5) is 24.5. The lowest BCUT2D eigenvalue weighted by atomic mass is 9.87. The van der Waals surface area contributed by atoms with Gasteiger partial charge in [0.15, 0.2) is 11.5 Å². The van der Waals surface area contributed by atoms with Gasteiger partial charge in [-0.05, 0) is 55.2 Å². The van der Waals surface area contributed by atoms with E-state index >= 15 is 0 Å². The third-order valence-electron chi connectivity index (χ3n) is 6.06. The molecule has 168 valence electrons. The zero-order valence-electron chi connectivity index (χ0n) is 19.1. The minimum atomic E-state index is -0.301. The molecule has 33 heavy (non-hydrogen) atoms. The molecule has 0 bridgehead atoms. The monoisotopic (exact) mass is 443 g/mol. The highest BCUT2D eigenvalue weighted by Gasteiger charge is 2.35. The second kappa shape index (κ2) is 8.20. The van der Waals surface area contributed by atoms with Crippen LogP contribution in [0, 0.1) is 13.8 Å². The van der Waals surface area contributed by atoms with Crippen LogP contribution in [0.1, 0.15) is 44.7 Å². The van der Waals surface area contributed by atoms with Gasteiger partial charge >= 0.3 is 0 Å². The number of carbonyl (C=O) groups excluding carboxylic acids is 1. The highest BCUT2D eigenvalue weighted by molar-refractivity contribution is 5.91. The second-order valence-corrected chi connectivity index (χ2v) is 8.15. The molecule has 4 aromatic rings. The average Bonchev–Trinajstić information content (AvgIpc) is 3.27. The Labute approximate surface area is 191 Å². The third-order valence-corrected chi connectivity index (χ3v) is 6.06. The molecule has 0 N–H and O–H groups in total. The molecule has 0 radical (unpaired) electrons. The molecule has 0 saturated heterocycles. The van der Waals surface area contributed by atoms with E-state index in [1.54, 1.807) is 18.7 Å². The summed E-state index contributed by atoms with van der Waals surface area (Å²) in [5, 5.41) is 4.48. The number of aryl methyl sites for hydroxylation is 2. The second-order valence-electron chi connectivity index (χ2n) is 8.15. The number of hydrogen-bond donors (Lipinski definition) is 0. The Morgan fingerprint density at radius 1 is 1.00 bits per heavy atom. The lowest BCUT2D eigenvalue weighted by Crippen LogP contribution is -2.41. The molecule has 5 rings (SSSR count). The van der Waals surface area contributed by atoms with Crippen molar-refractivity contribution in [2.24, 2.45) is 0 Å². The number of methoxy groups -OCH3 is 2. The SMILES string of the molecule is COc1cc2c(cc1OC)[C@@H](c1ccccc1)N(C(=O)c1nc3nc(C)cc(C)n3n1)CC2. The lowest BCUT2D eigenvalue weighted by molar-refractivity contribution is 0.0682. The number of nitrogens with zero attached hydrogens (tertiary/aromatic N) is 5. The van der Waals surface area contributed by atoms with Crippen molar-refractivity contribution >= 4 is 11.7 Å². The van der Waals surface area contributed by atoms with E-state index in [1.165, 1.54) is 0 Å². The predicted molar refractivity (Wildman–Crippen MR) is 123 cm³/mol. The summed E-state index contributed by atoms with van der Waals surface area (Å²) in [5.74, 6) is 1.65. The van der Waals surface area contributed by atoms with Crippen LogP contribution in [-0.4, -0.2) is 51.2 Å². The summed E-state index contributed by atoms with van der Waals surface area (Å²) >= 11 is 0. The van der Waals surface area contributed by atoms with Crippen molar-refractivity contribution in [2.75, 3.05) is 20.8 Å². The Hall–Kier alpha value is -3.94. The lowest BCUT2D eigenvalue weighted by Gasteiger charge is -2.37. The van der Waals surface area contributed by atoms with Crippen LogP contribution in [0.2, 0.25) is 0 Å². The Balaban J connectivity index is 1.63. The highest BCUT2D eigenvalue weighted by Crippen LogP contribution is 2.41. The van der Waals surface area contributed by atoms with E-state index in [0.29, 0.717) is 30.2 Å². The van der Waals surface area contributed by atoms with E-state index < -0.39 is 0 Å². The number of carbonyl (C=O) groups is 1. The summed E-state index contributed by atoms with van der Waals surface area (Å²) < 4.78 is 12.7. The molecular formula is C25H25N5O3. The summed E-state index contributed by atoms with van der Waals surface area (Å²) in [6, 6.07) is 15.6. The van der Waals surface area contributed by atoms with E-state index in [1.807, 2.05) is 67.3 Å². The van der Waals surface area contributed by atoms with E-state index in [9.17, 15) is 4.79 Å². The minimum Gasteiger partial charge on any atom is -0.493 e. The number of hydrogen-bond acceptors (Lipinski definition) is 6. The van der Waals surface area contributed by atoms with Crippen LogP contribution >= 0.6 is 0 Å². The molecule has 1 aliphatic rings. The Bertz CT molecular complexity index is 1350. The fourth-order valence-corrected chi connectivity index (χ4v) is 4.54. The summed E-state index contributed by atoms with van der Waals surface area (Å²) in [6.45, 7) is 4.36. The standard InChI is InChI=1S/C25H25N5O3/c1-15-12-16(2)30-25(26-15)27-23(28-30)24(31)29-11-10-18-13-20(32-3)21(33-4)14-19(18)22(29)17-8-6-5-7-9-17/h5-9,12-14,22H,10-11H2,1-4H3/t22-/m1/s1. The fourth-order valence-electron chi connectivity index (χ4n) is 4.54. The third kappa shape index (κ3) is 3.57. The fraction of sp³-hybridized carbons (Fsp3) is 0.280. The zero-order chi connectivity index (χ0) is 23.1. The molecule has 1 aliphatic heterocycles. The van der Waals surface area contributed by atoms with E-state index in [4.69, 9.17) is 9.47 Å². The number of fused-ring (bicyclic) bond motifs is 2. The molecular weight excluding hydrogens is 418 g/mol. The number of benzene rings is 2. The Morgan fingerprint density at radius 2 is 1.73 bits per heavy atom. The van der Waals surface area contributed by atoms with Gasteiger partial charge in [0.1, 0.15) is 0 Å². The molecule has 0 aliphatic carbocycles. The smallest absolute Gasteiger partial charge is 0.294 e. The molecule has 8 heteroatoms. The number of rotatable bonds is 4. The Kier molecular flexibility index (Phi) is 5.20. The molecule has 1 amide bonds. The maximum Gasteiger partial charge on any atom is 0.294 e. The van der Waals surface area contributed by atoms with Crippen LogP contribution in [-0.2, 0) is 6.42 Å². The van der Waals surface area contributed by atoms with Crippen LogP contribution in [0.4, 0.5) is 0 Å². The van der Waals surface area contributed by atoms with Gasteiger partial charge in [-0.2, -0.15) is 4.98 Å². The van der Waals surface area contributed by atoms with E-state index in [2.05, 4.69) is 15.1 Å². The molecule has 2 aromatic heterocycles. The predicted octanol–water partition coefficient (Wildman–Crippen LogP) is 3.55. The first-order valence-corrected chi connectivity index (χ1v) is 10.8. The summed E-state index contributed by atoms with van der Waals surface area (Å²) in [7, 11) is 3.25. The summed E-state index contributed by atoms with van der Waals surface area (Å²) in [6.07, 6.45) is 0.689. The van der Waals surface area contributed by atoms with Crippen LogP contribution in [0.3, 0.4) is 0 Å². The van der Waals surface area contributed by atoms with Gasteiger partial charge in [0.25, 0.3) is 11.7 Å². The van der Waals surface area contributed by atoms with Crippen molar-refractivity contribution < 1.29 is 14.3 Å². The first kappa shape index (κ1) is 20.9. The van der Waals surface area contributed by atoms with Crippen molar-refractivity contribution in [1.82, 2.24) is 24.5 Å². The number of amides is 1. The molecule has 0 fully saturated rings. The normalized spacial score (nSPS) is 15.4. The van der Waals surface area contributed by atoms with Gasteiger partial charge in [0, 0.05) is 17.9 Å². The minimum absolute atomic E-state index is 0.140. The van der Waals surface area contributed by atoms with Crippen LogP contribution in [0.25, 0.3) is 5.78 Å². The van der Waals surface area contributed by atoms with Crippen molar-refractivity contribution in [3.05, 3.63) is 82.4 Å². The van der Waals surface area contributed by atoms with Gasteiger partial charge in [0.05, 0.1) is 20.3 Å².